The number of rotatable bonds is 8. The number of hydrogen-bond donors (Lipinski definition) is 2. The summed E-state index contributed by atoms with van der Waals surface area (Å²) in [5.41, 5.74) is 1.04. The lowest BCUT2D eigenvalue weighted by Crippen LogP contribution is -2.49. The molecule has 1 fully saturated rings. The second-order valence-corrected chi connectivity index (χ2v) is 5.70. The van der Waals surface area contributed by atoms with E-state index in [0.29, 0.717) is 19.7 Å². The van der Waals surface area contributed by atoms with Crippen molar-refractivity contribution in [3.05, 3.63) is 29.8 Å². The minimum absolute atomic E-state index is 0.0439. The molecule has 1 aromatic carbocycles. The molecule has 1 saturated heterocycles. The van der Waals surface area contributed by atoms with Crippen LogP contribution in [0.15, 0.2) is 24.3 Å². The third-order valence-electron chi connectivity index (χ3n) is 3.95. The second kappa shape index (κ2) is 9.50. The molecule has 0 saturated carbocycles. The van der Waals surface area contributed by atoms with Gasteiger partial charge in [-0.2, -0.15) is 0 Å². The van der Waals surface area contributed by atoms with Gasteiger partial charge in [-0.1, -0.05) is 12.1 Å². The van der Waals surface area contributed by atoms with Gasteiger partial charge in [-0.15, -0.1) is 0 Å². The van der Waals surface area contributed by atoms with E-state index in [2.05, 4.69) is 15.1 Å². The fraction of sp³-hybridized carbons (Fsp3) is 0.588. The summed E-state index contributed by atoms with van der Waals surface area (Å²) in [6.45, 7) is 8.00. The largest absolute Gasteiger partial charge is 0.494 e. The predicted octanol–water partition coefficient (Wildman–Crippen LogP) is 0.311. The Labute approximate surface area is 138 Å². The monoisotopic (exact) mass is 321 g/mol. The number of carbonyl (C=O) groups is 1. The summed E-state index contributed by atoms with van der Waals surface area (Å²) in [6.07, 6.45) is 0. The zero-order valence-corrected chi connectivity index (χ0v) is 13.8. The van der Waals surface area contributed by atoms with E-state index < -0.39 is 0 Å². The van der Waals surface area contributed by atoms with Gasteiger partial charge < -0.3 is 15.2 Å². The van der Waals surface area contributed by atoms with Crippen LogP contribution in [-0.2, 0) is 11.3 Å². The van der Waals surface area contributed by atoms with Gasteiger partial charge in [-0.3, -0.25) is 14.6 Å². The van der Waals surface area contributed by atoms with Crippen molar-refractivity contribution in [1.82, 2.24) is 15.1 Å². The Balaban J connectivity index is 1.70. The van der Waals surface area contributed by atoms with Crippen LogP contribution in [0.4, 0.5) is 0 Å². The Kier molecular flexibility index (Phi) is 7.32. The van der Waals surface area contributed by atoms with E-state index in [9.17, 15) is 4.79 Å². The predicted molar refractivity (Wildman–Crippen MR) is 89.4 cm³/mol. The molecule has 1 aliphatic rings. The van der Waals surface area contributed by atoms with E-state index in [0.717, 1.165) is 44.0 Å². The van der Waals surface area contributed by atoms with Gasteiger partial charge in [0.25, 0.3) is 0 Å². The molecule has 2 rings (SSSR count). The topological polar surface area (TPSA) is 65.0 Å². The maximum absolute atomic E-state index is 12.1. The highest BCUT2D eigenvalue weighted by Crippen LogP contribution is 2.13. The number of aliphatic hydroxyl groups excluding tert-OH is 1. The van der Waals surface area contributed by atoms with E-state index in [1.807, 2.05) is 31.2 Å². The highest BCUT2D eigenvalue weighted by molar-refractivity contribution is 5.78. The summed E-state index contributed by atoms with van der Waals surface area (Å²) in [5.74, 6) is 0.877. The average molecular weight is 321 g/mol. The Hall–Kier alpha value is -1.63. The molecule has 0 aromatic heterocycles. The van der Waals surface area contributed by atoms with E-state index in [-0.39, 0.29) is 12.5 Å². The van der Waals surface area contributed by atoms with Crippen LogP contribution in [0.3, 0.4) is 0 Å². The molecule has 0 radical (unpaired) electrons. The molecule has 6 heteroatoms. The number of aliphatic hydroxyl groups is 1. The molecule has 6 nitrogen and oxygen atoms in total. The summed E-state index contributed by atoms with van der Waals surface area (Å²) in [7, 11) is 0. The lowest BCUT2D eigenvalue weighted by atomic mass is 10.2. The molecular weight excluding hydrogens is 294 g/mol. The van der Waals surface area contributed by atoms with Gasteiger partial charge >= 0.3 is 0 Å². The highest BCUT2D eigenvalue weighted by Gasteiger charge is 2.18. The van der Waals surface area contributed by atoms with E-state index in [4.69, 9.17) is 9.84 Å². The van der Waals surface area contributed by atoms with Crippen LogP contribution in [0.2, 0.25) is 0 Å². The van der Waals surface area contributed by atoms with Crippen LogP contribution >= 0.6 is 0 Å². The SMILES string of the molecule is CCOc1cccc(CNC(=O)CN2CCN(CCO)CC2)c1. The Morgan fingerprint density at radius 1 is 1.26 bits per heavy atom. The number of nitrogens with zero attached hydrogens (tertiary/aromatic N) is 2. The van der Waals surface area contributed by atoms with Crippen LogP contribution in [0, 0.1) is 0 Å². The molecule has 0 spiro atoms. The van der Waals surface area contributed by atoms with Gasteiger partial charge in [0, 0.05) is 39.3 Å². The van der Waals surface area contributed by atoms with Gasteiger partial charge in [0.15, 0.2) is 0 Å². The van der Waals surface area contributed by atoms with E-state index in [1.54, 1.807) is 0 Å². The standard InChI is InChI=1S/C17H27N3O3/c1-2-23-16-5-3-4-15(12-16)13-18-17(22)14-20-8-6-19(7-9-20)10-11-21/h3-5,12,21H,2,6-11,13-14H2,1H3,(H,18,22). The summed E-state index contributed by atoms with van der Waals surface area (Å²) in [6, 6.07) is 7.79. The fourth-order valence-corrected chi connectivity index (χ4v) is 2.68. The number of hydrogen-bond acceptors (Lipinski definition) is 5. The summed E-state index contributed by atoms with van der Waals surface area (Å²) in [4.78, 5) is 16.4. The summed E-state index contributed by atoms with van der Waals surface area (Å²) >= 11 is 0. The summed E-state index contributed by atoms with van der Waals surface area (Å²) in [5, 5.41) is 11.9. The van der Waals surface area contributed by atoms with Crippen LogP contribution < -0.4 is 10.1 Å². The molecule has 0 aliphatic carbocycles. The van der Waals surface area contributed by atoms with Gasteiger partial charge in [0.1, 0.15) is 5.75 Å². The molecule has 128 valence electrons. The number of nitrogens with one attached hydrogen (secondary N) is 1. The fourth-order valence-electron chi connectivity index (χ4n) is 2.68. The molecule has 23 heavy (non-hydrogen) atoms. The molecule has 0 bridgehead atoms. The molecule has 1 heterocycles. The number of β-amino-alcohol motifs (C(OH)–C–C–N with tert-alkyl or cyclic N) is 1. The number of amides is 1. The van der Waals surface area contributed by atoms with Crippen LogP contribution in [0.25, 0.3) is 0 Å². The van der Waals surface area contributed by atoms with Crippen molar-refractivity contribution in [2.45, 2.75) is 13.5 Å². The number of piperazine rings is 1. The van der Waals surface area contributed by atoms with Crippen molar-refractivity contribution >= 4 is 5.91 Å². The van der Waals surface area contributed by atoms with Crippen LogP contribution in [0.5, 0.6) is 5.75 Å². The van der Waals surface area contributed by atoms with Crippen LogP contribution in [0.1, 0.15) is 12.5 Å². The third-order valence-corrected chi connectivity index (χ3v) is 3.95. The van der Waals surface area contributed by atoms with Crippen molar-refractivity contribution in [3.63, 3.8) is 0 Å². The first-order valence-electron chi connectivity index (χ1n) is 8.25. The Bertz CT molecular complexity index is 488. The number of ether oxygens (including phenoxy) is 1. The zero-order chi connectivity index (χ0) is 16.5. The average Bonchev–Trinajstić information content (AvgIpc) is 2.56. The molecule has 0 unspecified atom stereocenters. The maximum Gasteiger partial charge on any atom is 0.234 e. The first kappa shape index (κ1) is 17.7. The van der Waals surface area contributed by atoms with Crippen molar-refractivity contribution < 1.29 is 14.6 Å². The van der Waals surface area contributed by atoms with E-state index >= 15 is 0 Å². The van der Waals surface area contributed by atoms with Crippen molar-refractivity contribution in [2.24, 2.45) is 0 Å². The van der Waals surface area contributed by atoms with Gasteiger partial charge in [-0.05, 0) is 24.6 Å². The van der Waals surface area contributed by atoms with Gasteiger partial charge in [0.2, 0.25) is 5.91 Å². The molecule has 1 aliphatic heterocycles. The minimum atomic E-state index is 0.0439. The van der Waals surface area contributed by atoms with Gasteiger partial charge in [0.05, 0.1) is 19.8 Å². The molecule has 1 amide bonds. The highest BCUT2D eigenvalue weighted by atomic mass is 16.5. The number of carbonyl (C=O) groups excluding carboxylic acids is 1. The van der Waals surface area contributed by atoms with E-state index in [1.165, 1.54) is 0 Å². The van der Waals surface area contributed by atoms with Gasteiger partial charge in [-0.25, -0.2) is 0 Å². The minimum Gasteiger partial charge on any atom is -0.494 e. The van der Waals surface area contributed by atoms with Crippen molar-refractivity contribution in [2.75, 3.05) is 52.5 Å². The third kappa shape index (κ3) is 6.17. The molecule has 1 aromatic rings. The second-order valence-electron chi connectivity index (χ2n) is 5.70. The molecular formula is C17H27N3O3. The molecule has 0 atom stereocenters. The lowest BCUT2D eigenvalue weighted by Gasteiger charge is -2.33. The Morgan fingerprint density at radius 2 is 2.00 bits per heavy atom. The first-order valence-corrected chi connectivity index (χ1v) is 8.25. The van der Waals surface area contributed by atoms with Crippen molar-refractivity contribution in [3.8, 4) is 5.75 Å². The first-order chi connectivity index (χ1) is 11.2. The van der Waals surface area contributed by atoms with Crippen LogP contribution in [-0.4, -0.2) is 73.3 Å². The number of benzene rings is 1. The normalized spacial score (nSPS) is 16.3. The smallest absolute Gasteiger partial charge is 0.234 e. The van der Waals surface area contributed by atoms with Crippen molar-refractivity contribution in [1.29, 1.82) is 0 Å². The molecule has 2 N–H and O–H groups in total. The Morgan fingerprint density at radius 3 is 2.70 bits per heavy atom. The summed E-state index contributed by atoms with van der Waals surface area (Å²) < 4.78 is 5.46. The lowest BCUT2D eigenvalue weighted by molar-refractivity contribution is -0.122. The zero-order valence-electron chi connectivity index (χ0n) is 13.8. The quantitative estimate of drug-likeness (QED) is 0.721. The maximum atomic E-state index is 12.1.